The number of aryl methyl sites for hydroxylation is 1. The Morgan fingerprint density at radius 1 is 1.08 bits per heavy atom. The van der Waals surface area contributed by atoms with Gasteiger partial charge in [-0.25, -0.2) is 0 Å². The van der Waals surface area contributed by atoms with Crippen molar-refractivity contribution in [3.63, 3.8) is 0 Å². The van der Waals surface area contributed by atoms with E-state index in [4.69, 9.17) is 9.47 Å². The van der Waals surface area contributed by atoms with Crippen molar-refractivity contribution in [2.24, 2.45) is 5.92 Å². The van der Waals surface area contributed by atoms with E-state index in [-0.39, 0.29) is 24.6 Å². The Morgan fingerprint density at radius 2 is 1.86 bits per heavy atom. The highest BCUT2D eigenvalue weighted by Gasteiger charge is 2.66. The van der Waals surface area contributed by atoms with Gasteiger partial charge in [0.25, 0.3) is 11.5 Å². The van der Waals surface area contributed by atoms with Crippen LogP contribution in [0.2, 0.25) is 18.6 Å². The number of aliphatic hydroxyl groups is 1. The molecule has 13 heteroatoms. The van der Waals surface area contributed by atoms with E-state index >= 15 is 4.11 Å². The molecule has 3 aromatic carbocycles. The van der Waals surface area contributed by atoms with Gasteiger partial charge < -0.3 is 23.6 Å². The smallest absolute Gasteiger partial charge is 0.279 e. The van der Waals surface area contributed by atoms with Crippen LogP contribution in [0.3, 0.4) is 0 Å². The Hall–Kier alpha value is -4.72. The first-order valence-electron chi connectivity index (χ1n) is 16.5. The summed E-state index contributed by atoms with van der Waals surface area (Å²) < 4.78 is 31.8. The number of anilines is 1. The zero-order valence-electron chi connectivity index (χ0n) is 27.9. The summed E-state index contributed by atoms with van der Waals surface area (Å²) in [5.74, 6) is -0.116. The van der Waals surface area contributed by atoms with Gasteiger partial charge in [-0.15, -0.1) is 5.10 Å². The first kappa shape index (κ1) is 32.8. The Morgan fingerprint density at radius 3 is 2.59 bits per heavy atom. The number of amides is 1. The lowest BCUT2D eigenvalue weighted by atomic mass is 9.82. The second kappa shape index (κ2) is 12.6. The summed E-state index contributed by atoms with van der Waals surface area (Å²) in [6, 6.07) is 20.2. The van der Waals surface area contributed by atoms with Gasteiger partial charge >= 0.3 is 0 Å². The van der Waals surface area contributed by atoms with E-state index in [2.05, 4.69) is 15.4 Å². The van der Waals surface area contributed by atoms with Crippen LogP contribution in [-0.2, 0) is 34.6 Å². The molecule has 1 saturated heterocycles. The number of nitrogens with zero attached hydrogens (tertiary/aromatic N) is 6. The number of ether oxygens (including phenoxy) is 2. The fourth-order valence-electron chi connectivity index (χ4n) is 7.72. The van der Waals surface area contributed by atoms with Crippen molar-refractivity contribution in [3.05, 3.63) is 106 Å². The number of aromatic nitrogens is 5. The maximum atomic E-state index is 16.3. The molecule has 4 atom stereocenters. The second-order valence-electron chi connectivity index (χ2n) is 13.4. The summed E-state index contributed by atoms with van der Waals surface area (Å²) in [7, 11) is -1.78. The molecule has 0 radical (unpaired) electrons. The third-order valence-corrected chi connectivity index (χ3v) is 12.4. The SMILES string of the molecule is COc1ccc2c(c1)[C@]1(O[C@@H](CCn3cc(CCO)nn3)[C@H]([Si](C)(C)F)[C@H]1C)C(=O)N2Cc1ccc(-n2ncc3ccccc3c2=O)cc1. The van der Waals surface area contributed by atoms with Crippen LogP contribution in [0.4, 0.5) is 9.80 Å². The lowest BCUT2D eigenvalue weighted by molar-refractivity contribution is -0.146. The first-order chi connectivity index (χ1) is 23.5. The highest BCUT2D eigenvalue weighted by atomic mass is 28.4. The van der Waals surface area contributed by atoms with E-state index in [0.29, 0.717) is 53.2 Å². The van der Waals surface area contributed by atoms with Crippen LogP contribution in [0, 0.1) is 5.92 Å². The Kier molecular flexibility index (Phi) is 8.45. The highest BCUT2D eigenvalue weighted by molar-refractivity contribution is 6.72. The van der Waals surface area contributed by atoms with Gasteiger partial charge in [0.15, 0.2) is 5.60 Å². The number of rotatable bonds is 10. The molecule has 1 fully saturated rings. The number of aliphatic hydroxyl groups excluding tert-OH is 1. The molecule has 2 aromatic heterocycles. The van der Waals surface area contributed by atoms with Crippen molar-refractivity contribution in [1.82, 2.24) is 24.8 Å². The molecule has 2 aliphatic rings. The zero-order valence-corrected chi connectivity index (χ0v) is 28.9. The average Bonchev–Trinajstić information content (AvgIpc) is 3.74. The number of carbonyl (C=O) groups excluding carboxylic acids is 1. The minimum Gasteiger partial charge on any atom is -0.497 e. The van der Waals surface area contributed by atoms with Crippen molar-refractivity contribution in [1.29, 1.82) is 0 Å². The number of halogens is 1. The second-order valence-corrected chi connectivity index (χ2v) is 17.2. The normalized spacial score (nSPS) is 22.0. The van der Waals surface area contributed by atoms with Crippen molar-refractivity contribution in [2.45, 2.75) is 63.2 Å². The molecular weight excluding hydrogens is 644 g/mol. The summed E-state index contributed by atoms with van der Waals surface area (Å²) in [5.41, 5.74) is 1.40. The molecule has 1 N–H and O–H groups in total. The summed E-state index contributed by atoms with van der Waals surface area (Å²) in [5, 5.41) is 23.3. The summed E-state index contributed by atoms with van der Waals surface area (Å²) in [4.78, 5) is 29.6. The fourth-order valence-corrected chi connectivity index (χ4v) is 10.3. The van der Waals surface area contributed by atoms with E-state index in [1.54, 1.807) is 48.2 Å². The van der Waals surface area contributed by atoms with Crippen LogP contribution in [-0.4, -0.2) is 64.0 Å². The highest BCUT2D eigenvalue weighted by Crippen LogP contribution is 2.60. The lowest BCUT2D eigenvalue weighted by Gasteiger charge is -2.31. The van der Waals surface area contributed by atoms with Crippen molar-refractivity contribution in [2.75, 3.05) is 18.6 Å². The van der Waals surface area contributed by atoms with Gasteiger partial charge in [-0.3, -0.25) is 14.3 Å². The van der Waals surface area contributed by atoms with E-state index in [1.807, 2.05) is 67.6 Å². The van der Waals surface area contributed by atoms with Crippen LogP contribution in [0.15, 0.2) is 83.9 Å². The molecule has 4 heterocycles. The molecule has 0 bridgehead atoms. The molecule has 7 rings (SSSR count). The lowest BCUT2D eigenvalue weighted by Crippen LogP contribution is -2.45. The van der Waals surface area contributed by atoms with E-state index in [9.17, 15) is 14.7 Å². The predicted molar refractivity (Wildman–Crippen MR) is 185 cm³/mol. The summed E-state index contributed by atoms with van der Waals surface area (Å²) >= 11 is 0. The Bertz CT molecular complexity index is 2080. The number of methoxy groups -OCH3 is 1. The van der Waals surface area contributed by atoms with Crippen LogP contribution in [0.5, 0.6) is 5.75 Å². The van der Waals surface area contributed by atoms with E-state index in [1.165, 1.54) is 4.68 Å². The Balaban J connectivity index is 1.20. The van der Waals surface area contributed by atoms with Crippen molar-refractivity contribution in [3.8, 4) is 11.4 Å². The van der Waals surface area contributed by atoms with Crippen LogP contribution in [0.1, 0.15) is 30.2 Å². The number of hydrogen-bond donors (Lipinski definition) is 1. The summed E-state index contributed by atoms with van der Waals surface area (Å²) in [6.45, 7) is 5.94. The first-order valence-corrected chi connectivity index (χ1v) is 19.4. The largest absolute Gasteiger partial charge is 0.497 e. The van der Waals surface area contributed by atoms with Crippen LogP contribution in [0.25, 0.3) is 16.5 Å². The van der Waals surface area contributed by atoms with Gasteiger partial charge in [0.2, 0.25) is 8.41 Å². The Labute approximate surface area is 284 Å². The molecule has 2 aliphatic heterocycles. The molecule has 49 heavy (non-hydrogen) atoms. The number of hydrogen-bond acceptors (Lipinski definition) is 8. The van der Waals surface area contributed by atoms with Gasteiger partial charge in [0.05, 0.1) is 48.4 Å². The van der Waals surface area contributed by atoms with Gasteiger partial charge in [-0.1, -0.05) is 42.5 Å². The molecule has 5 aromatic rings. The monoisotopic (exact) mass is 682 g/mol. The molecule has 1 spiro atoms. The zero-order chi connectivity index (χ0) is 34.5. The van der Waals surface area contributed by atoms with Crippen LogP contribution < -0.4 is 15.2 Å². The van der Waals surface area contributed by atoms with Gasteiger partial charge in [0.1, 0.15) is 5.75 Å². The van der Waals surface area contributed by atoms with E-state index < -0.39 is 31.6 Å². The number of carbonyl (C=O) groups is 1. The number of benzene rings is 3. The van der Waals surface area contributed by atoms with E-state index in [0.717, 1.165) is 10.9 Å². The van der Waals surface area contributed by atoms with Gasteiger partial charge in [-0.05, 0) is 61.5 Å². The molecule has 0 saturated carbocycles. The standard InChI is InChI=1S/C36H39FN6O5Si/c1-23-33(49(3,4)37)32(15-17-41-22-26(16-18-44)39-40-41)48-36(23)30-19-28(47-2)13-14-31(30)42(35(36)46)21-24-9-11-27(12-10-24)43-34(45)29-8-6-5-7-25(29)20-38-43/h5-14,19-20,22-23,32-33,44H,15-18,21H2,1-4H3/t23-,32+,33-,36+/m1/s1. The van der Waals surface area contributed by atoms with Crippen molar-refractivity contribution >= 4 is 30.8 Å². The fraction of sp³-hybridized carbons (Fsp3) is 0.361. The van der Waals surface area contributed by atoms with Gasteiger partial charge in [0, 0.05) is 48.2 Å². The van der Waals surface area contributed by atoms with Gasteiger partial charge in [-0.2, -0.15) is 9.78 Å². The number of fused-ring (bicyclic) bond motifs is 3. The molecular formula is C36H39FN6O5Si. The molecule has 0 unspecified atom stereocenters. The van der Waals surface area contributed by atoms with Crippen molar-refractivity contribution < 1.29 is 23.5 Å². The minimum atomic E-state index is -3.36. The predicted octanol–water partition coefficient (Wildman–Crippen LogP) is 4.93. The molecule has 0 aliphatic carbocycles. The average molecular weight is 683 g/mol. The molecule has 11 nitrogen and oxygen atoms in total. The maximum Gasteiger partial charge on any atom is 0.279 e. The molecule has 254 valence electrons. The third kappa shape index (κ3) is 5.65. The minimum absolute atomic E-state index is 0.0263. The summed E-state index contributed by atoms with van der Waals surface area (Å²) in [6.07, 6.45) is 3.75. The quantitative estimate of drug-likeness (QED) is 0.163. The van der Waals surface area contributed by atoms with Crippen LogP contribution >= 0.6 is 0 Å². The topological polar surface area (TPSA) is 125 Å². The maximum absolute atomic E-state index is 16.3. The third-order valence-electron chi connectivity index (χ3n) is 9.98. The molecule has 1 amide bonds.